The molecule has 1 saturated heterocycles. The standard InChI is InChI=1S/C14H25N5/c1-3-13-11-18(2)8-5-9-19(13)10-12-6-4-7-16-14(12)17-15/h4,6-7,13H,3,5,8-11,15H2,1-2H3,(H,16,17). The lowest BCUT2D eigenvalue weighted by Gasteiger charge is -2.30. The van der Waals surface area contributed by atoms with Gasteiger partial charge in [-0.2, -0.15) is 0 Å². The SMILES string of the molecule is CCC1CN(C)CCCN1Cc1cccnc1NN. The average molecular weight is 263 g/mol. The van der Waals surface area contributed by atoms with Crippen molar-refractivity contribution in [3.63, 3.8) is 0 Å². The zero-order valence-corrected chi connectivity index (χ0v) is 12.0. The van der Waals surface area contributed by atoms with E-state index in [1.807, 2.05) is 6.07 Å². The summed E-state index contributed by atoms with van der Waals surface area (Å²) in [5.41, 5.74) is 3.87. The van der Waals surface area contributed by atoms with Crippen LogP contribution >= 0.6 is 0 Å². The van der Waals surface area contributed by atoms with E-state index in [1.54, 1.807) is 6.20 Å². The second-order valence-corrected chi connectivity index (χ2v) is 5.30. The molecule has 5 heteroatoms. The third-order valence-electron chi connectivity index (χ3n) is 3.90. The number of hydrazine groups is 1. The minimum Gasteiger partial charge on any atom is -0.308 e. The molecule has 0 radical (unpaired) electrons. The van der Waals surface area contributed by atoms with Crippen molar-refractivity contribution in [2.45, 2.75) is 32.4 Å². The number of hydrogen-bond donors (Lipinski definition) is 2. The molecule has 1 aliphatic rings. The van der Waals surface area contributed by atoms with Crippen LogP contribution in [0, 0.1) is 0 Å². The quantitative estimate of drug-likeness (QED) is 0.633. The lowest BCUT2D eigenvalue weighted by molar-refractivity contribution is 0.176. The predicted molar refractivity (Wildman–Crippen MR) is 78.7 cm³/mol. The van der Waals surface area contributed by atoms with Gasteiger partial charge in [-0.1, -0.05) is 13.0 Å². The van der Waals surface area contributed by atoms with E-state index in [-0.39, 0.29) is 0 Å². The van der Waals surface area contributed by atoms with Crippen LogP contribution in [-0.4, -0.2) is 47.5 Å². The molecule has 2 rings (SSSR count). The highest BCUT2D eigenvalue weighted by Crippen LogP contribution is 2.18. The Bertz CT molecular complexity index is 395. The van der Waals surface area contributed by atoms with Gasteiger partial charge in [0.15, 0.2) is 0 Å². The fourth-order valence-electron chi connectivity index (χ4n) is 2.80. The van der Waals surface area contributed by atoms with E-state index in [1.165, 1.54) is 24.9 Å². The van der Waals surface area contributed by atoms with Crippen LogP contribution in [0.2, 0.25) is 0 Å². The Labute approximate surface area is 115 Å². The number of nitrogens with one attached hydrogen (secondary N) is 1. The van der Waals surface area contributed by atoms with Gasteiger partial charge in [0.1, 0.15) is 5.82 Å². The third-order valence-corrected chi connectivity index (χ3v) is 3.90. The minimum absolute atomic E-state index is 0.610. The summed E-state index contributed by atoms with van der Waals surface area (Å²) in [6.07, 6.45) is 4.17. The summed E-state index contributed by atoms with van der Waals surface area (Å²) < 4.78 is 0. The van der Waals surface area contributed by atoms with Crippen molar-refractivity contribution in [2.24, 2.45) is 5.84 Å². The van der Waals surface area contributed by atoms with E-state index in [2.05, 4.69) is 40.2 Å². The van der Waals surface area contributed by atoms with Crippen molar-refractivity contribution in [2.75, 3.05) is 32.1 Å². The second kappa shape index (κ2) is 6.84. The number of nitrogens with two attached hydrogens (primary N) is 1. The molecule has 106 valence electrons. The van der Waals surface area contributed by atoms with Gasteiger partial charge in [-0.25, -0.2) is 10.8 Å². The summed E-state index contributed by atoms with van der Waals surface area (Å²) in [4.78, 5) is 9.27. The fraction of sp³-hybridized carbons (Fsp3) is 0.643. The predicted octanol–water partition coefficient (Wildman–Crippen LogP) is 1.28. The van der Waals surface area contributed by atoms with E-state index < -0.39 is 0 Å². The highest BCUT2D eigenvalue weighted by Gasteiger charge is 2.22. The van der Waals surface area contributed by atoms with Gasteiger partial charge in [-0.3, -0.25) is 4.90 Å². The number of nitrogens with zero attached hydrogens (tertiary/aromatic N) is 3. The summed E-state index contributed by atoms with van der Waals surface area (Å²) in [5, 5.41) is 0. The molecule has 1 aromatic rings. The van der Waals surface area contributed by atoms with Crippen molar-refractivity contribution in [3.8, 4) is 0 Å². The van der Waals surface area contributed by atoms with Gasteiger partial charge in [0.25, 0.3) is 0 Å². The summed E-state index contributed by atoms with van der Waals surface area (Å²) >= 11 is 0. The van der Waals surface area contributed by atoms with Gasteiger partial charge in [-0.15, -0.1) is 0 Å². The van der Waals surface area contributed by atoms with E-state index in [4.69, 9.17) is 5.84 Å². The monoisotopic (exact) mass is 263 g/mol. The molecule has 5 nitrogen and oxygen atoms in total. The number of nitrogen functional groups attached to an aromatic ring is 1. The van der Waals surface area contributed by atoms with E-state index in [0.29, 0.717) is 6.04 Å². The highest BCUT2D eigenvalue weighted by atomic mass is 15.3. The molecule has 1 aromatic heterocycles. The summed E-state index contributed by atoms with van der Waals surface area (Å²) in [6, 6.07) is 4.68. The molecular formula is C14H25N5. The summed E-state index contributed by atoms with van der Waals surface area (Å²) in [7, 11) is 2.21. The zero-order valence-electron chi connectivity index (χ0n) is 12.0. The van der Waals surface area contributed by atoms with Crippen LogP contribution in [0.25, 0.3) is 0 Å². The first kappa shape index (κ1) is 14.2. The first-order valence-electron chi connectivity index (χ1n) is 7.07. The lowest BCUT2D eigenvalue weighted by atomic mass is 10.1. The molecule has 0 spiro atoms. The molecule has 0 saturated carbocycles. The van der Waals surface area contributed by atoms with Crippen LogP contribution in [-0.2, 0) is 6.54 Å². The Morgan fingerprint density at radius 3 is 3.05 bits per heavy atom. The molecule has 0 bridgehead atoms. The molecule has 1 aliphatic heterocycles. The van der Waals surface area contributed by atoms with Gasteiger partial charge in [-0.05, 0) is 32.5 Å². The van der Waals surface area contributed by atoms with Crippen LogP contribution in [0.5, 0.6) is 0 Å². The summed E-state index contributed by atoms with van der Waals surface area (Å²) in [6.45, 7) is 6.65. The number of anilines is 1. The average Bonchev–Trinajstić information content (AvgIpc) is 2.61. The Hall–Kier alpha value is -1.17. The highest BCUT2D eigenvalue weighted by molar-refractivity contribution is 5.42. The lowest BCUT2D eigenvalue weighted by Crippen LogP contribution is -2.39. The van der Waals surface area contributed by atoms with Crippen LogP contribution in [0.1, 0.15) is 25.3 Å². The number of pyridine rings is 1. The van der Waals surface area contributed by atoms with E-state index in [0.717, 1.165) is 25.5 Å². The van der Waals surface area contributed by atoms with Crippen molar-refractivity contribution >= 4 is 5.82 Å². The topological polar surface area (TPSA) is 57.4 Å². The molecule has 2 heterocycles. The Morgan fingerprint density at radius 1 is 1.47 bits per heavy atom. The van der Waals surface area contributed by atoms with Crippen molar-refractivity contribution in [1.82, 2.24) is 14.8 Å². The summed E-state index contributed by atoms with van der Waals surface area (Å²) in [5.74, 6) is 6.32. The Kier molecular flexibility index (Phi) is 5.13. The molecule has 3 N–H and O–H groups in total. The largest absolute Gasteiger partial charge is 0.308 e. The Morgan fingerprint density at radius 2 is 2.32 bits per heavy atom. The maximum atomic E-state index is 5.54. The third kappa shape index (κ3) is 3.65. The maximum absolute atomic E-state index is 5.54. The van der Waals surface area contributed by atoms with Gasteiger partial charge in [0.2, 0.25) is 0 Å². The van der Waals surface area contributed by atoms with Gasteiger partial charge >= 0.3 is 0 Å². The molecule has 1 unspecified atom stereocenters. The van der Waals surface area contributed by atoms with E-state index in [9.17, 15) is 0 Å². The molecule has 1 atom stereocenters. The Balaban J connectivity index is 2.11. The van der Waals surface area contributed by atoms with Crippen LogP contribution in [0.3, 0.4) is 0 Å². The molecule has 0 aromatic carbocycles. The zero-order chi connectivity index (χ0) is 13.7. The molecular weight excluding hydrogens is 238 g/mol. The molecule has 1 fully saturated rings. The molecule has 0 amide bonds. The van der Waals surface area contributed by atoms with E-state index >= 15 is 0 Å². The van der Waals surface area contributed by atoms with Crippen LogP contribution < -0.4 is 11.3 Å². The molecule has 19 heavy (non-hydrogen) atoms. The smallest absolute Gasteiger partial charge is 0.144 e. The second-order valence-electron chi connectivity index (χ2n) is 5.30. The first-order valence-corrected chi connectivity index (χ1v) is 7.07. The number of hydrogen-bond acceptors (Lipinski definition) is 5. The first-order chi connectivity index (χ1) is 9.24. The van der Waals surface area contributed by atoms with Crippen LogP contribution in [0.15, 0.2) is 18.3 Å². The van der Waals surface area contributed by atoms with Gasteiger partial charge < -0.3 is 10.3 Å². The normalized spacial score (nSPS) is 22.2. The van der Waals surface area contributed by atoms with Crippen molar-refractivity contribution in [3.05, 3.63) is 23.9 Å². The van der Waals surface area contributed by atoms with Crippen molar-refractivity contribution < 1.29 is 0 Å². The van der Waals surface area contributed by atoms with Crippen molar-refractivity contribution in [1.29, 1.82) is 0 Å². The van der Waals surface area contributed by atoms with Gasteiger partial charge in [0, 0.05) is 37.4 Å². The van der Waals surface area contributed by atoms with Gasteiger partial charge in [0.05, 0.1) is 0 Å². The fourth-order valence-corrected chi connectivity index (χ4v) is 2.80. The maximum Gasteiger partial charge on any atom is 0.144 e. The number of aromatic nitrogens is 1. The number of likely N-dealkylation sites (N-methyl/N-ethyl adjacent to an activating group) is 1. The van der Waals surface area contributed by atoms with Crippen LogP contribution in [0.4, 0.5) is 5.82 Å². The minimum atomic E-state index is 0.610. The number of rotatable bonds is 4. The molecule has 0 aliphatic carbocycles.